The molecule has 0 bridgehead atoms. The van der Waals surface area contributed by atoms with Gasteiger partial charge in [-0.1, -0.05) is 6.92 Å². The summed E-state index contributed by atoms with van der Waals surface area (Å²) < 4.78 is 1.14. The van der Waals surface area contributed by atoms with Gasteiger partial charge in [0.1, 0.15) is 0 Å². The van der Waals surface area contributed by atoms with Crippen LogP contribution in [0.5, 0.6) is 0 Å². The predicted molar refractivity (Wildman–Crippen MR) is 66.8 cm³/mol. The van der Waals surface area contributed by atoms with Crippen molar-refractivity contribution in [3.8, 4) is 6.07 Å². The molecule has 80 valence electrons. The van der Waals surface area contributed by atoms with E-state index in [0.29, 0.717) is 5.92 Å². The number of hydrogen-bond acceptors (Lipinski definition) is 2. The van der Waals surface area contributed by atoms with E-state index in [9.17, 15) is 5.26 Å². The van der Waals surface area contributed by atoms with E-state index in [0.717, 1.165) is 23.7 Å². The molecule has 1 aliphatic rings. The predicted octanol–water partition coefficient (Wildman–Crippen LogP) is 4.38. The minimum atomic E-state index is -0.0797. The Morgan fingerprint density at radius 2 is 2.53 bits per heavy atom. The van der Waals surface area contributed by atoms with Gasteiger partial charge in [-0.2, -0.15) is 5.26 Å². The van der Waals surface area contributed by atoms with Crippen LogP contribution in [-0.4, -0.2) is 0 Å². The van der Waals surface area contributed by atoms with Crippen LogP contribution in [0.2, 0.25) is 0 Å². The van der Waals surface area contributed by atoms with E-state index in [2.05, 4.69) is 40.4 Å². The molecular weight excluding hydrogens is 270 g/mol. The summed E-state index contributed by atoms with van der Waals surface area (Å²) in [6.45, 7) is 2.25. The number of hydrogen-bond donors (Lipinski definition) is 0. The Balaban J connectivity index is 2.13. The number of rotatable bonds is 2. The van der Waals surface area contributed by atoms with Crippen molar-refractivity contribution < 1.29 is 0 Å². The Morgan fingerprint density at radius 1 is 1.73 bits per heavy atom. The molecule has 2 rings (SSSR count). The second-order valence-corrected chi connectivity index (χ2v) is 6.56. The van der Waals surface area contributed by atoms with Crippen molar-refractivity contribution in [3.05, 3.63) is 20.8 Å². The van der Waals surface area contributed by atoms with Crippen molar-refractivity contribution in [1.82, 2.24) is 0 Å². The van der Waals surface area contributed by atoms with E-state index >= 15 is 0 Å². The standard InChI is InChI=1S/C12H14BrNS/c1-9-2-3-12(5-9,8-14)6-11-4-10(13)7-15-11/h4,7,9H,2-3,5-6H2,1H3. The molecule has 1 fully saturated rings. The fraction of sp³-hybridized carbons (Fsp3) is 0.583. The highest BCUT2D eigenvalue weighted by atomic mass is 79.9. The quantitative estimate of drug-likeness (QED) is 0.790. The molecule has 0 aliphatic heterocycles. The third-order valence-electron chi connectivity index (χ3n) is 3.23. The van der Waals surface area contributed by atoms with Gasteiger partial charge in [-0.3, -0.25) is 0 Å². The van der Waals surface area contributed by atoms with Crippen LogP contribution < -0.4 is 0 Å². The van der Waals surface area contributed by atoms with Gasteiger partial charge in [0.2, 0.25) is 0 Å². The van der Waals surface area contributed by atoms with Gasteiger partial charge in [0.05, 0.1) is 11.5 Å². The third-order valence-corrected chi connectivity index (χ3v) is 4.92. The van der Waals surface area contributed by atoms with E-state index < -0.39 is 0 Å². The number of halogens is 1. The van der Waals surface area contributed by atoms with Crippen molar-refractivity contribution in [2.75, 3.05) is 0 Å². The van der Waals surface area contributed by atoms with Crippen LogP contribution >= 0.6 is 27.3 Å². The zero-order chi connectivity index (χ0) is 10.9. The molecule has 2 unspecified atom stereocenters. The first-order chi connectivity index (χ1) is 7.13. The molecule has 0 spiro atoms. The van der Waals surface area contributed by atoms with Crippen molar-refractivity contribution in [1.29, 1.82) is 5.26 Å². The summed E-state index contributed by atoms with van der Waals surface area (Å²) in [5.41, 5.74) is -0.0797. The molecule has 0 amide bonds. The second kappa shape index (κ2) is 4.27. The summed E-state index contributed by atoms with van der Waals surface area (Å²) in [5.74, 6) is 0.716. The van der Waals surface area contributed by atoms with Gasteiger partial charge in [0, 0.05) is 21.2 Å². The summed E-state index contributed by atoms with van der Waals surface area (Å²) in [5, 5.41) is 11.4. The zero-order valence-corrected chi connectivity index (χ0v) is 11.2. The summed E-state index contributed by atoms with van der Waals surface area (Å²) in [6, 6.07) is 4.70. The Labute approximate surface area is 103 Å². The van der Waals surface area contributed by atoms with Crippen LogP contribution in [0.15, 0.2) is 15.9 Å². The maximum Gasteiger partial charge on any atom is 0.0693 e. The second-order valence-electron chi connectivity index (χ2n) is 4.65. The van der Waals surface area contributed by atoms with E-state index in [1.54, 1.807) is 11.3 Å². The molecule has 1 aliphatic carbocycles. The molecular formula is C12H14BrNS. The lowest BCUT2D eigenvalue weighted by molar-refractivity contribution is 0.394. The largest absolute Gasteiger partial charge is 0.198 e. The minimum Gasteiger partial charge on any atom is -0.198 e. The van der Waals surface area contributed by atoms with E-state index in [-0.39, 0.29) is 5.41 Å². The molecule has 2 atom stereocenters. The molecule has 1 aromatic heterocycles. The van der Waals surface area contributed by atoms with E-state index in [1.807, 2.05) is 0 Å². The summed E-state index contributed by atoms with van der Waals surface area (Å²) in [4.78, 5) is 1.33. The van der Waals surface area contributed by atoms with Crippen LogP contribution in [0, 0.1) is 22.7 Å². The number of nitrogens with zero attached hydrogens (tertiary/aromatic N) is 1. The molecule has 1 saturated carbocycles. The van der Waals surface area contributed by atoms with Gasteiger partial charge in [-0.15, -0.1) is 11.3 Å². The van der Waals surface area contributed by atoms with Crippen molar-refractivity contribution in [3.63, 3.8) is 0 Å². The van der Waals surface area contributed by atoms with Gasteiger partial charge in [-0.25, -0.2) is 0 Å². The molecule has 0 saturated heterocycles. The molecule has 0 radical (unpaired) electrons. The van der Waals surface area contributed by atoms with Gasteiger partial charge < -0.3 is 0 Å². The first-order valence-electron chi connectivity index (χ1n) is 5.28. The SMILES string of the molecule is CC1CCC(C#N)(Cc2cc(Br)cs2)C1. The average Bonchev–Trinajstić information content (AvgIpc) is 2.75. The lowest BCUT2D eigenvalue weighted by atomic mass is 9.83. The number of nitriles is 1. The fourth-order valence-electron chi connectivity index (χ4n) is 2.48. The fourth-order valence-corrected chi connectivity index (χ4v) is 4.07. The molecule has 1 nitrogen and oxygen atoms in total. The van der Waals surface area contributed by atoms with E-state index in [4.69, 9.17) is 0 Å². The van der Waals surface area contributed by atoms with Crippen LogP contribution in [-0.2, 0) is 6.42 Å². The van der Waals surface area contributed by atoms with Crippen LogP contribution in [0.3, 0.4) is 0 Å². The van der Waals surface area contributed by atoms with Crippen LogP contribution in [0.4, 0.5) is 0 Å². The normalized spacial score (nSPS) is 30.3. The summed E-state index contributed by atoms with van der Waals surface area (Å²) in [6.07, 6.45) is 4.28. The van der Waals surface area contributed by atoms with Crippen LogP contribution in [0.25, 0.3) is 0 Å². The Kier molecular flexibility index (Phi) is 3.18. The molecule has 0 aromatic carbocycles. The van der Waals surface area contributed by atoms with Gasteiger partial charge in [0.25, 0.3) is 0 Å². The van der Waals surface area contributed by atoms with Crippen molar-refractivity contribution in [2.45, 2.75) is 32.6 Å². The van der Waals surface area contributed by atoms with Crippen molar-refractivity contribution >= 4 is 27.3 Å². The van der Waals surface area contributed by atoms with E-state index in [1.165, 1.54) is 11.3 Å². The molecule has 15 heavy (non-hydrogen) atoms. The monoisotopic (exact) mass is 283 g/mol. The van der Waals surface area contributed by atoms with Gasteiger partial charge in [0.15, 0.2) is 0 Å². The number of thiophene rings is 1. The molecule has 1 aromatic rings. The highest BCUT2D eigenvalue weighted by molar-refractivity contribution is 9.10. The smallest absolute Gasteiger partial charge is 0.0693 e. The van der Waals surface area contributed by atoms with Gasteiger partial charge in [-0.05, 0) is 47.2 Å². The van der Waals surface area contributed by atoms with Crippen molar-refractivity contribution in [2.24, 2.45) is 11.3 Å². The Morgan fingerprint density at radius 3 is 3.00 bits per heavy atom. The summed E-state index contributed by atoms with van der Waals surface area (Å²) in [7, 11) is 0. The first kappa shape index (κ1) is 11.2. The molecule has 0 N–H and O–H groups in total. The maximum absolute atomic E-state index is 9.35. The third kappa shape index (κ3) is 2.43. The maximum atomic E-state index is 9.35. The van der Waals surface area contributed by atoms with Gasteiger partial charge >= 0.3 is 0 Å². The summed E-state index contributed by atoms with van der Waals surface area (Å²) >= 11 is 5.21. The molecule has 1 heterocycles. The first-order valence-corrected chi connectivity index (χ1v) is 6.95. The topological polar surface area (TPSA) is 23.8 Å². The Bertz CT molecular complexity index is 393. The lowest BCUT2D eigenvalue weighted by Crippen LogP contribution is -2.17. The lowest BCUT2D eigenvalue weighted by Gasteiger charge is -2.19. The molecule has 3 heteroatoms. The average molecular weight is 284 g/mol. The zero-order valence-electron chi connectivity index (χ0n) is 8.79. The highest BCUT2D eigenvalue weighted by Crippen LogP contribution is 2.44. The minimum absolute atomic E-state index is 0.0797. The van der Waals surface area contributed by atoms with Crippen LogP contribution in [0.1, 0.15) is 31.1 Å². The Hall–Kier alpha value is -0.330. The highest BCUT2D eigenvalue weighted by Gasteiger charge is 2.37.